The van der Waals surface area contributed by atoms with Crippen LogP contribution in [-0.4, -0.2) is 46.4 Å². The third-order valence-corrected chi connectivity index (χ3v) is 16.8. The largest absolute Gasteiger partial charge is 0.354 e. The van der Waals surface area contributed by atoms with Gasteiger partial charge in [0, 0.05) is 44.4 Å². The lowest BCUT2D eigenvalue weighted by Crippen LogP contribution is -2.02. The Morgan fingerprint density at radius 1 is 0.419 bits per heavy atom. The zero-order valence-electron chi connectivity index (χ0n) is 42.0. The molecule has 0 radical (unpaired) electrons. The molecule has 10 rings (SSSR count). The summed E-state index contributed by atoms with van der Waals surface area (Å²) in [6, 6.07) is 53.8. The Labute approximate surface area is 432 Å². The highest BCUT2D eigenvalue weighted by molar-refractivity contribution is 7.53. The van der Waals surface area contributed by atoms with E-state index in [9.17, 15) is 9.13 Å². The highest BCUT2D eigenvalue weighted by Gasteiger charge is 2.28. The van der Waals surface area contributed by atoms with E-state index in [0.717, 1.165) is 100 Å². The molecule has 2 aliphatic rings. The van der Waals surface area contributed by atoms with E-state index < -0.39 is 15.2 Å². The van der Waals surface area contributed by atoms with Crippen molar-refractivity contribution in [3.63, 3.8) is 0 Å². The summed E-state index contributed by atoms with van der Waals surface area (Å²) in [6.45, 7) is 8.09. The minimum atomic E-state index is -3.53. The minimum Gasteiger partial charge on any atom is -0.354 e. The molecule has 74 heavy (non-hydrogen) atoms. The molecule has 0 aliphatic carbocycles. The number of H-pyrrole nitrogens is 2. The number of hydrogen-bond acceptors (Lipinski definition) is 8. The standard InChI is InChI=1S/C62H58N4O6P2/c1-5-69-73(67,70-6-2)41-44-37-43(38-45(39-44)42-74(68,71-7-3)72-8-4)29-30-50-40-57-60(48-25-17-11-18-26-48)55-34-33-53(64-55)58(46-21-13-9-14-22-46)51-31-32-52(63-51)59(47-23-15-10-16-24-47)54-35-36-56(65-54)61(62(50)66-57)49-27-19-12-20-28-49/h9-40,63,66H,5-8,41-42H2,1-4H3/b30-29+,58-51?,58-53?,59-52?,59-54?,60-55?,60-57?,61-56?,62-61?. The van der Waals surface area contributed by atoms with Crippen molar-refractivity contribution >= 4 is 73.7 Å². The number of rotatable bonds is 18. The van der Waals surface area contributed by atoms with Crippen LogP contribution in [0.5, 0.6) is 0 Å². The normalized spacial score (nSPS) is 12.5. The van der Waals surface area contributed by atoms with E-state index in [-0.39, 0.29) is 38.8 Å². The smallest absolute Gasteiger partial charge is 0.335 e. The molecule has 5 heterocycles. The Balaban J connectivity index is 1.30. The first kappa shape index (κ1) is 50.3. The van der Waals surface area contributed by atoms with Gasteiger partial charge >= 0.3 is 15.2 Å². The molecule has 5 aromatic carbocycles. The molecule has 0 amide bonds. The SMILES string of the molecule is CCOP(=O)(Cc1cc(/C=C/c2cc3[nH]c2c(-c2ccccc2)c2nc(c(-c4ccccc4)c4ccc([nH]4)c(-c4ccccc4)c4nc(c3-c3ccccc3)C=C4)C=C2)cc(CP(=O)(OCC)OCC)c1)OCC. The van der Waals surface area contributed by atoms with Gasteiger partial charge in [-0.2, -0.15) is 0 Å². The highest BCUT2D eigenvalue weighted by atomic mass is 31.2. The van der Waals surface area contributed by atoms with E-state index in [2.05, 4.69) is 131 Å². The number of hydrogen-bond donors (Lipinski definition) is 2. The maximum absolute atomic E-state index is 14.1. The molecule has 8 bridgehead atoms. The van der Waals surface area contributed by atoms with E-state index in [1.54, 1.807) is 27.7 Å². The quantitative estimate of drug-likeness (QED) is 0.0813. The summed E-state index contributed by atoms with van der Waals surface area (Å²) in [7, 11) is -7.07. The number of aromatic amines is 2. The van der Waals surface area contributed by atoms with Crippen molar-refractivity contribution in [2.45, 2.75) is 40.0 Å². The molecular formula is C62H58N4O6P2. The Morgan fingerprint density at radius 3 is 1.18 bits per heavy atom. The fraction of sp³-hybridized carbons (Fsp3) is 0.161. The average Bonchev–Trinajstić information content (AvgIpc) is 4.25. The molecule has 0 fully saturated rings. The maximum atomic E-state index is 14.1. The van der Waals surface area contributed by atoms with Gasteiger partial charge < -0.3 is 28.1 Å². The van der Waals surface area contributed by atoms with Crippen molar-refractivity contribution in [2.24, 2.45) is 0 Å². The van der Waals surface area contributed by atoms with Crippen LogP contribution >= 0.6 is 15.2 Å². The summed E-state index contributed by atoms with van der Waals surface area (Å²) in [5.74, 6) is 0. The second-order valence-corrected chi connectivity index (χ2v) is 21.9. The molecule has 12 heteroatoms. The first-order chi connectivity index (χ1) is 36.2. The van der Waals surface area contributed by atoms with E-state index in [1.807, 2.05) is 72.8 Å². The molecule has 3 aromatic heterocycles. The zero-order valence-corrected chi connectivity index (χ0v) is 43.7. The van der Waals surface area contributed by atoms with Gasteiger partial charge in [-0.1, -0.05) is 152 Å². The van der Waals surface area contributed by atoms with E-state index in [4.69, 9.17) is 28.1 Å². The van der Waals surface area contributed by atoms with Gasteiger partial charge in [-0.25, -0.2) is 9.97 Å². The summed E-state index contributed by atoms with van der Waals surface area (Å²) in [4.78, 5) is 18.8. The summed E-state index contributed by atoms with van der Waals surface area (Å²) >= 11 is 0. The number of nitrogens with one attached hydrogen (secondary N) is 2. The van der Waals surface area contributed by atoms with Gasteiger partial charge in [0.15, 0.2) is 0 Å². The Bertz CT molecular complexity index is 3610. The molecule has 0 atom stereocenters. The topological polar surface area (TPSA) is 128 Å². The molecular weight excluding hydrogens is 959 g/mol. The molecule has 2 aliphatic heterocycles. The molecule has 8 aromatic rings. The Kier molecular flexibility index (Phi) is 15.3. The Hall–Kier alpha value is -7.26. The van der Waals surface area contributed by atoms with Crippen LogP contribution in [0.2, 0.25) is 0 Å². The number of nitrogens with zero attached hydrogens (tertiary/aromatic N) is 2. The summed E-state index contributed by atoms with van der Waals surface area (Å²) in [6.07, 6.45) is 12.6. The van der Waals surface area contributed by atoms with Gasteiger partial charge in [0.05, 0.1) is 67.0 Å². The van der Waals surface area contributed by atoms with Crippen molar-refractivity contribution in [2.75, 3.05) is 26.4 Å². The fourth-order valence-electron chi connectivity index (χ4n) is 9.82. The second-order valence-electron chi connectivity index (χ2n) is 17.8. The van der Waals surface area contributed by atoms with Crippen LogP contribution in [0, 0.1) is 0 Å². The van der Waals surface area contributed by atoms with E-state index >= 15 is 0 Å². The van der Waals surface area contributed by atoms with Crippen molar-refractivity contribution in [1.82, 2.24) is 19.9 Å². The summed E-state index contributed by atoms with van der Waals surface area (Å²) in [5, 5.41) is 0. The average molecular weight is 1020 g/mol. The third-order valence-electron chi connectivity index (χ3n) is 12.7. The molecule has 0 saturated carbocycles. The van der Waals surface area contributed by atoms with Crippen molar-refractivity contribution in [1.29, 1.82) is 0 Å². The first-order valence-corrected chi connectivity index (χ1v) is 28.6. The predicted octanol–water partition coefficient (Wildman–Crippen LogP) is 17.0. The number of fused-ring (bicyclic) bond motifs is 8. The van der Waals surface area contributed by atoms with Crippen LogP contribution in [0.25, 0.3) is 103 Å². The molecule has 372 valence electrons. The zero-order chi connectivity index (χ0) is 51.1. The fourth-order valence-corrected chi connectivity index (χ4v) is 13.2. The van der Waals surface area contributed by atoms with Gasteiger partial charge in [-0.15, -0.1) is 0 Å². The van der Waals surface area contributed by atoms with Gasteiger partial charge in [0.2, 0.25) is 0 Å². The first-order valence-electron chi connectivity index (χ1n) is 25.2. The van der Waals surface area contributed by atoms with Crippen molar-refractivity contribution < 1.29 is 27.2 Å². The predicted molar refractivity (Wildman–Crippen MR) is 305 cm³/mol. The minimum absolute atomic E-state index is 0.0204. The number of benzene rings is 5. The molecule has 0 saturated heterocycles. The van der Waals surface area contributed by atoms with Crippen LogP contribution in [0.15, 0.2) is 158 Å². The monoisotopic (exact) mass is 1020 g/mol. The van der Waals surface area contributed by atoms with Crippen LogP contribution in [0.3, 0.4) is 0 Å². The lowest BCUT2D eigenvalue weighted by Gasteiger charge is -2.19. The molecule has 0 unspecified atom stereocenters. The molecule has 2 N–H and O–H groups in total. The van der Waals surface area contributed by atoms with Crippen LogP contribution < -0.4 is 0 Å². The third kappa shape index (κ3) is 11.0. The maximum Gasteiger partial charge on any atom is 0.335 e. The van der Waals surface area contributed by atoms with Crippen LogP contribution in [0.4, 0.5) is 0 Å². The second kappa shape index (κ2) is 22.5. The van der Waals surface area contributed by atoms with Crippen LogP contribution in [0.1, 0.15) is 72.7 Å². The van der Waals surface area contributed by atoms with E-state index in [1.165, 1.54) is 0 Å². The molecule has 0 spiro atoms. The number of aromatic nitrogens is 4. The van der Waals surface area contributed by atoms with Crippen molar-refractivity contribution in [3.8, 4) is 44.5 Å². The van der Waals surface area contributed by atoms with Crippen molar-refractivity contribution in [3.05, 3.63) is 203 Å². The summed E-state index contributed by atoms with van der Waals surface area (Å²) in [5.41, 5.74) is 17.6. The van der Waals surface area contributed by atoms with E-state index in [0.29, 0.717) is 11.1 Å². The molecule has 10 nitrogen and oxygen atoms in total. The lowest BCUT2D eigenvalue weighted by molar-refractivity contribution is 0.218. The summed E-state index contributed by atoms with van der Waals surface area (Å²) < 4.78 is 51.2. The van der Waals surface area contributed by atoms with Gasteiger partial charge in [0.1, 0.15) is 0 Å². The lowest BCUT2D eigenvalue weighted by atomic mass is 10.0. The van der Waals surface area contributed by atoms with Gasteiger partial charge in [0.25, 0.3) is 0 Å². The highest BCUT2D eigenvalue weighted by Crippen LogP contribution is 2.54. The van der Waals surface area contributed by atoms with Crippen LogP contribution in [-0.2, 0) is 39.5 Å². The van der Waals surface area contributed by atoms with Gasteiger partial charge in [-0.3, -0.25) is 9.13 Å². The van der Waals surface area contributed by atoms with Gasteiger partial charge in [-0.05, 0) is 109 Å². The Morgan fingerprint density at radius 2 is 0.784 bits per heavy atom.